The van der Waals surface area contributed by atoms with Crippen molar-refractivity contribution >= 4 is 5.97 Å². The number of hydrogen-bond acceptors (Lipinski definition) is 3. The van der Waals surface area contributed by atoms with Gasteiger partial charge in [-0.25, -0.2) is 4.79 Å². The topological polar surface area (TPSA) is 59.4 Å². The molecule has 1 N–H and O–H groups in total. The van der Waals surface area contributed by atoms with Gasteiger partial charge >= 0.3 is 5.97 Å². The van der Waals surface area contributed by atoms with Gasteiger partial charge in [0.2, 0.25) is 0 Å². The second kappa shape index (κ2) is 7.95. The number of hydrogen-bond donors (Lipinski definition) is 1. The van der Waals surface area contributed by atoms with Gasteiger partial charge in [-0.2, -0.15) is 0 Å². The second-order valence-corrected chi connectivity index (χ2v) is 6.65. The molecule has 4 heteroatoms. The van der Waals surface area contributed by atoms with Crippen molar-refractivity contribution in [3.8, 4) is 5.75 Å². The van der Waals surface area contributed by atoms with E-state index < -0.39 is 5.97 Å². The molecule has 0 aliphatic heterocycles. The fourth-order valence-corrected chi connectivity index (χ4v) is 2.83. The molecular weight excluding hydrogens is 302 g/mol. The maximum absolute atomic E-state index is 10.6. The highest BCUT2D eigenvalue weighted by Crippen LogP contribution is 2.24. The molecular formula is C20H25NO3. The van der Waals surface area contributed by atoms with Crippen LogP contribution in [-0.4, -0.2) is 22.7 Å². The van der Waals surface area contributed by atoms with Gasteiger partial charge < -0.3 is 9.84 Å². The Labute approximate surface area is 143 Å². The van der Waals surface area contributed by atoms with Crippen molar-refractivity contribution in [2.24, 2.45) is 5.92 Å². The number of aromatic nitrogens is 1. The van der Waals surface area contributed by atoms with Crippen molar-refractivity contribution in [2.75, 3.05) is 6.61 Å². The Morgan fingerprint density at radius 3 is 2.46 bits per heavy atom. The molecule has 24 heavy (non-hydrogen) atoms. The first-order chi connectivity index (χ1) is 11.3. The van der Waals surface area contributed by atoms with E-state index in [0.29, 0.717) is 11.7 Å². The van der Waals surface area contributed by atoms with Crippen LogP contribution in [0.5, 0.6) is 5.75 Å². The Hall–Kier alpha value is -2.36. The number of benzene rings is 1. The van der Waals surface area contributed by atoms with Crippen LogP contribution < -0.4 is 4.74 Å². The third-order valence-electron chi connectivity index (χ3n) is 3.91. The molecule has 0 aliphatic carbocycles. The van der Waals surface area contributed by atoms with Crippen LogP contribution in [0.25, 0.3) is 0 Å². The monoisotopic (exact) mass is 327 g/mol. The van der Waals surface area contributed by atoms with Gasteiger partial charge in [0.15, 0.2) is 6.61 Å². The lowest BCUT2D eigenvalue weighted by atomic mass is 9.95. The number of carbonyl (C=O) groups is 1. The van der Waals surface area contributed by atoms with E-state index in [0.717, 1.165) is 29.7 Å². The number of nitrogens with zero attached hydrogens (tertiary/aromatic N) is 1. The number of ether oxygens (including phenoxy) is 1. The number of carboxylic acid groups (broad SMARTS) is 1. The van der Waals surface area contributed by atoms with Gasteiger partial charge in [-0.05, 0) is 79.1 Å². The number of pyridine rings is 1. The Morgan fingerprint density at radius 2 is 1.88 bits per heavy atom. The molecule has 0 spiro atoms. The quantitative estimate of drug-likeness (QED) is 0.836. The normalized spacial score (nSPS) is 10.9. The summed E-state index contributed by atoms with van der Waals surface area (Å²) < 4.78 is 5.29. The molecule has 4 nitrogen and oxygen atoms in total. The molecule has 0 fully saturated rings. The average molecular weight is 327 g/mol. The Morgan fingerprint density at radius 1 is 1.21 bits per heavy atom. The largest absolute Gasteiger partial charge is 0.482 e. The third-order valence-corrected chi connectivity index (χ3v) is 3.91. The van der Waals surface area contributed by atoms with E-state index in [1.807, 2.05) is 32.2 Å². The predicted octanol–water partition coefficient (Wildman–Crippen LogP) is 3.95. The molecule has 2 rings (SSSR count). The maximum atomic E-state index is 10.6. The van der Waals surface area contributed by atoms with Crippen LogP contribution in [0.1, 0.15) is 41.8 Å². The fourth-order valence-electron chi connectivity index (χ4n) is 2.83. The molecule has 128 valence electrons. The van der Waals surface area contributed by atoms with Gasteiger partial charge in [-0.15, -0.1) is 0 Å². The summed E-state index contributed by atoms with van der Waals surface area (Å²) in [6.07, 6.45) is 3.69. The van der Waals surface area contributed by atoms with Crippen LogP contribution in [0, 0.1) is 19.8 Å². The molecule has 0 amide bonds. The molecule has 0 saturated carbocycles. The summed E-state index contributed by atoms with van der Waals surface area (Å²) in [4.78, 5) is 15.1. The first-order valence-electron chi connectivity index (χ1n) is 8.23. The van der Waals surface area contributed by atoms with E-state index in [1.54, 1.807) is 0 Å². The van der Waals surface area contributed by atoms with Crippen molar-refractivity contribution in [1.29, 1.82) is 0 Å². The first kappa shape index (κ1) is 18.0. The van der Waals surface area contributed by atoms with E-state index >= 15 is 0 Å². The Bertz CT molecular complexity index is 700. The average Bonchev–Trinajstić information content (AvgIpc) is 2.48. The summed E-state index contributed by atoms with van der Waals surface area (Å²) in [5.74, 6) is 0.220. The van der Waals surface area contributed by atoms with E-state index in [-0.39, 0.29) is 6.61 Å². The predicted molar refractivity (Wildman–Crippen MR) is 94.6 cm³/mol. The second-order valence-electron chi connectivity index (χ2n) is 6.65. The zero-order valence-corrected chi connectivity index (χ0v) is 14.8. The number of aryl methyl sites for hydroxylation is 2. The highest BCUT2D eigenvalue weighted by molar-refractivity contribution is 5.68. The Balaban J connectivity index is 2.19. The van der Waals surface area contributed by atoms with Crippen LogP contribution in [0.2, 0.25) is 0 Å². The van der Waals surface area contributed by atoms with Crippen molar-refractivity contribution in [2.45, 2.75) is 40.5 Å². The highest BCUT2D eigenvalue weighted by atomic mass is 16.5. The minimum atomic E-state index is -0.969. The standard InChI is InChI=1S/C20H25NO3/c1-13(2)7-17-10-16(5-6-21-17)11-19-14(3)8-18(9-15(19)4)24-12-20(22)23/h5-6,8-10,13H,7,11-12H2,1-4H3,(H,22,23). The lowest BCUT2D eigenvalue weighted by molar-refractivity contribution is -0.139. The zero-order chi connectivity index (χ0) is 17.7. The SMILES string of the molecule is Cc1cc(OCC(=O)O)cc(C)c1Cc1ccnc(CC(C)C)c1. The molecule has 0 saturated heterocycles. The Kier molecular flexibility index (Phi) is 5.96. The van der Waals surface area contributed by atoms with Crippen LogP contribution in [0.3, 0.4) is 0 Å². The van der Waals surface area contributed by atoms with Crippen molar-refractivity contribution in [3.63, 3.8) is 0 Å². The minimum absolute atomic E-state index is 0.318. The highest BCUT2D eigenvalue weighted by Gasteiger charge is 2.09. The molecule has 1 aromatic carbocycles. The van der Waals surface area contributed by atoms with Crippen LogP contribution in [0.4, 0.5) is 0 Å². The summed E-state index contributed by atoms with van der Waals surface area (Å²) in [6.45, 7) is 8.14. The van der Waals surface area contributed by atoms with Crippen molar-refractivity contribution < 1.29 is 14.6 Å². The summed E-state index contributed by atoms with van der Waals surface area (Å²) in [6, 6.07) is 8.04. The maximum Gasteiger partial charge on any atom is 0.341 e. The molecule has 0 bridgehead atoms. The van der Waals surface area contributed by atoms with Gasteiger partial charge in [0.25, 0.3) is 0 Å². The van der Waals surface area contributed by atoms with Crippen LogP contribution in [-0.2, 0) is 17.6 Å². The number of rotatable bonds is 7. The molecule has 2 aromatic rings. The first-order valence-corrected chi connectivity index (χ1v) is 8.23. The molecule has 1 aromatic heterocycles. The molecule has 1 heterocycles. The lowest BCUT2D eigenvalue weighted by Gasteiger charge is -2.14. The van der Waals surface area contributed by atoms with Gasteiger partial charge in [0, 0.05) is 11.9 Å². The smallest absolute Gasteiger partial charge is 0.341 e. The van der Waals surface area contributed by atoms with Gasteiger partial charge in [0.05, 0.1) is 0 Å². The summed E-state index contributed by atoms with van der Waals surface area (Å²) in [5, 5.41) is 8.72. The van der Waals surface area contributed by atoms with E-state index in [1.165, 1.54) is 11.1 Å². The van der Waals surface area contributed by atoms with Gasteiger partial charge in [-0.1, -0.05) is 13.8 Å². The van der Waals surface area contributed by atoms with E-state index in [9.17, 15) is 4.79 Å². The summed E-state index contributed by atoms with van der Waals surface area (Å²) in [5.41, 5.74) is 5.83. The van der Waals surface area contributed by atoms with Gasteiger partial charge in [0.1, 0.15) is 5.75 Å². The molecule has 0 atom stereocenters. The summed E-state index contributed by atoms with van der Waals surface area (Å²) >= 11 is 0. The molecule has 0 unspecified atom stereocenters. The number of carboxylic acids is 1. The lowest BCUT2D eigenvalue weighted by Crippen LogP contribution is -2.10. The molecule has 0 aliphatic rings. The van der Waals surface area contributed by atoms with Crippen LogP contribution in [0.15, 0.2) is 30.5 Å². The van der Waals surface area contributed by atoms with Crippen molar-refractivity contribution in [1.82, 2.24) is 4.98 Å². The minimum Gasteiger partial charge on any atom is -0.482 e. The number of aliphatic carboxylic acids is 1. The van der Waals surface area contributed by atoms with E-state index in [2.05, 4.69) is 31.0 Å². The summed E-state index contributed by atoms with van der Waals surface area (Å²) in [7, 11) is 0. The van der Waals surface area contributed by atoms with E-state index in [4.69, 9.17) is 9.84 Å². The van der Waals surface area contributed by atoms with Crippen molar-refractivity contribution in [3.05, 3.63) is 58.4 Å². The van der Waals surface area contributed by atoms with Gasteiger partial charge in [-0.3, -0.25) is 4.98 Å². The zero-order valence-electron chi connectivity index (χ0n) is 14.8. The van der Waals surface area contributed by atoms with Crippen LogP contribution >= 0.6 is 0 Å². The fraction of sp³-hybridized carbons (Fsp3) is 0.400. The molecule has 0 radical (unpaired) electrons. The third kappa shape index (κ3) is 5.08.